The summed E-state index contributed by atoms with van der Waals surface area (Å²) in [5.74, 6) is -0.244. The molecule has 0 saturated carbocycles. The van der Waals surface area contributed by atoms with Gasteiger partial charge in [-0.1, -0.05) is 25.5 Å². The van der Waals surface area contributed by atoms with Gasteiger partial charge in [-0.2, -0.15) is 0 Å². The van der Waals surface area contributed by atoms with Gasteiger partial charge in [-0.15, -0.1) is 0 Å². The number of nitrogens with two attached hydrogens (primary N) is 1. The maximum Gasteiger partial charge on any atom is 0.149 e. The second-order valence-corrected chi connectivity index (χ2v) is 2.92. The normalized spacial score (nSPS) is 10.2. The van der Waals surface area contributed by atoms with Crippen LogP contribution in [0.4, 0.5) is 10.1 Å². The summed E-state index contributed by atoms with van der Waals surface area (Å²) in [4.78, 5) is 0. The van der Waals surface area contributed by atoms with E-state index in [0.717, 1.165) is 24.8 Å². The number of nitrogen functional groups attached to an aromatic ring is 1. The van der Waals surface area contributed by atoms with Crippen molar-refractivity contribution < 1.29 is 4.39 Å². The summed E-state index contributed by atoms with van der Waals surface area (Å²) >= 11 is 0. The van der Waals surface area contributed by atoms with Crippen molar-refractivity contribution in [2.75, 3.05) is 5.73 Å². The summed E-state index contributed by atoms with van der Waals surface area (Å²) in [5, 5.41) is 0. The molecule has 12 heavy (non-hydrogen) atoms. The molecule has 0 aliphatic rings. The molecule has 1 aromatic rings. The van der Waals surface area contributed by atoms with E-state index in [4.69, 9.17) is 5.73 Å². The van der Waals surface area contributed by atoms with Crippen LogP contribution in [0.2, 0.25) is 0 Å². The van der Waals surface area contributed by atoms with Gasteiger partial charge in [0.25, 0.3) is 0 Å². The van der Waals surface area contributed by atoms with E-state index >= 15 is 0 Å². The molecule has 0 atom stereocenters. The van der Waals surface area contributed by atoms with Gasteiger partial charge in [-0.05, 0) is 24.5 Å². The third-order valence-electron chi connectivity index (χ3n) is 1.91. The maximum atomic E-state index is 13.2. The smallest absolute Gasteiger partial charge is 0.149 e. The third-order valence-corrected chi connectivity index (χ3v) is 1.91. The van der Waals surface area contributed by atoms with Crippen LogP contribution in [0.3, 0.4) is 0 Å². The van der Waals surface area contributed by atoms with Crippen molar-refractivity contribution in [3.63, 3.8) is 0 Å². The molecule has 0 aliphatic heterocycles. The first-order chi connectivity index (χ1) is 5.75. The fourth-order valence-corrected chi connectivity index (χ4v) is 1.16. The lowest BCUT2D eigenvalue weighted by atomic mass is 10.1. The third kappa shape index (κ3) is 1.97. The Hall–Kier alpha value is -1.05. The Morgan fingerprint density at radius 1 is 1.42 bits per heavy atom. The van der Waals surface area contributed by atoms with Crippen LogP contribution in [0.15, 0.2) is 18.2 Å². The molecule has 66 valence electrons. The summed E-state index contributed by atoms with van der Waals surface area (Å²) in [6, 6.07) is 5.18. The minimum Gasteiger partial charge on any atom is -0.396 e. The maximum absolute atomic E-state index is 13.2. The SMILES string of the molecule is CCCCc1cccc(N)c1F. The van der Waals surface area contributed by atoms with Crippen LogP contribution < -0.4 is 5.73 Å². The van der Waals surface area contributed by atoms with E-state index in [9.17, 15) is 4.39 Å². The van der Waals surface area contributed by atoms with Crippen LogP contribution in [0, 0.1) is 5.82 Å². The van der Waals surface area contributed by atoms with Crippen LogP contribution >= 0.6 is 0 Å². The van der Waals surface area contributed by atoms with Gasteiger partial charge in [0, 0.05) is 0 Å². The number of anilines is 1. The number of hydrogen-bond acceptors (Lipinski definition) is 1. The molecule has 0 radical (unpaired) electrons. The Kier molecular flexibility index (Phi) is 3.09. The Labute approximate surface area is 72.4 Å². The molecule has 0 spiro atoms. The second-order valence-electron chi connectivity index (χ2n) is 2.92. The molecule has 1 rings (SSSR count). The van der Waals surface area contributed by atoms with Crippen LogP contribution in [-0.4, -0.2) is 0 Å². The van der Waals surface area contributed by atoms with Gasteiger partial charge in [0.2, 0.25) is 0 Å². The summed E-state index contributed by atoms with van der Waals surface area (Å²) in [6.45, 7) is 2.09. The quantitative estimate of drug-likeness (QED) is 0.688. The van der Waals surface area contributed by atoms with Crippen molar-refractivity contribution in [1.82, 2.24) is 0 Å². The van der Waals surface area contributed by atoms with E-state index in [1.165, 1.54) is 0 Å². The zero-order valence-electron chi connectivity index (χ0n) is 7.31. The van der Waals surface area contributed by atoms with Crippen molar-refractivity contribution in [1.29, 1.82) is 0 Å². The zero-order chi connectivity index (χ0) is 8.97. The minimum absolute atomic E-state index is 0.244. The standard InChI is InChI=1S/C10H14FN/c1-2-3-5-8-6-4-7-9(12)10(8)11/h4,6-7H,2-3,5,12H2,1H3. The molecule has 2 heteroatoms. The van der Waals surface area contributed by atoms with E-state index < -0.39 is 0 Å². The lowest BCUT2D eigenvalue weighted by Gasteiger charge is -2.03. The molecule has 0 aromatic heterocycles. The number of unbranched alkanes of at least 4 members (excludes halogenated alkanes) is 1. The molecule has 0 unspecified atom stereocenters. The molecule has 0 aliphatic carbocycles. The van der Waals surface area contributed by atoms with Gasteiger partial charge in [0.15, 0.2) is 0 Å². The highest BCUT2D eigenvalue weighted by molar-refractivity contribution is 5.42. The number of benzene rings is 1. The molecule has 0 bridgehead atoms. The fraction of sp³-hybridized carbons (Fsp3) is 0.400. The molecule has 2 N–H and O–H groups in total. The molecule has 0 saturated heterocycles. The molecule has 0 fully saturated rings. The lowest BCUT2D eigenvalue weighted by Crippen LogP contribution is -1.96. The van der Waals surface area contributed by atoms with E-state index in [2.05, 4.69) is 6.92 Å². The zero-order valence-corrected chi connectivity index (χ0v) is 7.31. The van der Waals surface area contributed by atoms with Gasteiger partial charge in [0.1, 0.15) is 5.82 Å². The predicted molar refractivity (Wildman–Crippen MR) is 49.4 cm³/mol. The second kappa shape index (κ2) is 4.10. The van der Waals surface area contributed by atoms with Crippen LogP contribution in [-0.2, 0) is 6.42 Å². The molecular weight excluding hydrogens is 153 g/mol. The van der Waals surface area contributed by atoms with Gasteiger partial charge >= 0.3 is 0 Å². The Morgan fingerprint density at radius 3 is 2.83 bits per heavy atom. The van der Waals surface area contributed by atoms with Gasteiger partial charge in [-0.3, -0.25) is 0 Å². The van der Waals surface area contributed by atoms with Crippen molar-refractivity contribution in [2.45, 2.75) is 26.2 Å². The Balaban J connectivity index is 2.78. The number of halogens is 1. The van der Waals surface area contributed by atoms with Gasteiger partial charge in [0.05, 0.1) is 5.69 Å². The fourth-order valence-electron chi connectivity index (χ4n) is 1.16. The first-order valence-corrected chi connectivity index (χ1v) is 4.28. The summed E-state index contributed by atoms with van der Waals surface area (Å²) < 4.78 is 13.2. The number of hydrogen-bond donors (Lipinski definition) is 1. The lowest BCUT2D eigenvalue weighted by molar-refractivity contribution is 0.608. The van der Waals surface area contributed by atoms with Crippen LogP contribution in [0.5, 0.6) is 0 Å². The summed E-state index contributed by atoms with van der Waals surface area (Å²) in [7, 11) is 0. The first-order valence-electron chi connectivity index (χ1n) is 4.28. The topological polar surface area (TPSA) is 26.0 Å². The minimum atomic E-state index is -0.244. The Morgan fingerprint density at radius 2 is 2.17 bits per heavy atom. The number of rotatable bonds is 3. The number of aryl methyl sites for hydroxylation is 1. The largest absolute Gasteiger partial charge is 0.396 e. The van der Waals surface area contributed by atoms with Crippen molar-refractivity contribution in [3.05, 3.63) is 29.6 Å². The first kappa shape index (κ1) is 9.04. The molecule has 1 nitrogen and oxygen atoms in total. The van der Waals surface area contributed by atoms with E-state index in [1.54, 1.807) is 18.2 Å². The van der Waals surface area contributed by atoms with Crippen molar-refractivity contribution in [2.24, 2.45) is 0 Å². The van der Waals surface area contributed by atoms with Gasteiger partial charge in [-0.25, -0.2) is 4.39 Å². The highest BCUT2D eigenvalue weighted by Crippen LogP contribution is 2.16. The average molecular weight is 167 g/mol. The van der Waals surface area contributed by atoms with Crippen LogP contribution in [0.1, 0.15) is 25.3 Å². The monoisotopic (exact) mass is 167 g/mol. The average Bonchev–Trinajstić information content (AvgIpc) is 2.08. The van der Waals surface area contributed by atoms with Crippen molar-refractivity contribution >= 4 is 5.69 Å². The van der Waals surface area contributed by atoms with E-state index in [-0.39, 0.29) is 11.5 Å². The molecule has 0 amide bonds. The predicted octanol–water partition coefficient (Wildman–Crippen LogP) is 2.75. The van der Waals surface area contributed by atoms with E-state index in [1.807, 2.05) is 0 Å². The summed E-state index contributed by atoms with van der Waals surface area (Å²) in [5.41, 5.74) is 6.40. The molecule has 0 heterocycles. The summed E-state index contributed by atoms with van der Waals surface area (Å²) in [6.07, 6.45) is 2.88. The molecular formula is C10H14FN. The van der Waals surface area contributed by atoms with Crippen molar-refractivity contribution in [3.8, 4) is 0 Å². The highest BCUT2D eigenvalue weighted by Gasteiger charge is 2.03. The molecule has 1 aromatic carbocycles. The highest BCUT2D eigenvalue weighted by atomic mass is 19.1. The van der Waals surface area contributed by atoms with Crippen LogP contribution in [0.25, 0.3) is 0 Å². The Bertz CT molecular complexity index is 258. The van der Waals surface area contributed by atoms with E-state index in [0.29, 0.717) is 0 Å². The van der Waals surface area contributed by atoms with Gasteiger partial charge < -0.3 is 5.73 Å².